The second-order valence-electron chi connectivity index (χ2n) is 4.27. The van der Waals surface area contributed by atoms with Crippen molar-refractivity contribution in [3.63, 3.8) is 0 Å². The SMILES string of the molecule is N=C1C=CC=CC(=O)N2C=Cc3ccccc3C12. The molecule has 0 fully saturated rings. The highest BCUT2D eigenvalue weighted by Crippen LogP contribution is 2.32. The van der Waals surface area contributed by atoms with E-state index in [2.05, 4.69) is 0 Å². The first-order valence-corrected chi connectivity index (χ1v) is 5.80. The van der Waals surface area contributed by atoms with Crippen molar-refractivity contribution in [1.82, 2.24) is 4.90 Å². The summed E-state index contributed by atoms with van der Waals surface area (Å²) in [5.41, 5.74) is 2.48. The summed E-state index contributed by atoms with van der Waals surface area (Å²) in [5, 5.41) is 8.12. The molecule has 1 aromatic rings. The predicted octanol–water partition coefficient (Wildman–Crippen LogP) is 2.69. The maximum Gasteiger partial charge on any atom is 0.251 e. The highest BCUT2D eigenvalue weighted by molar-refractivity contribution is 6.04. The van der Waals surface area contributed by atoms with Crippen molar-refractivity contribution in [3.05, 3.63) is 65.9 Å². The van der Waals surface area contributed by atoms with Crippen LogP contribution in [0.2, 0.25) is 0 Å². The van der Waals surface area contributed by atoms with Gasteiger partial charge in [0.25, 0.3) is 5.91 Å². The third-order valence-corrected chi connectivity index (χ3v) is 3.16. The maximum absolute atomic E-state index is 12.0. The molecule has 0 saturated heterocycles. The van der Waals surface area contributed by atoms with E-state index >= 15 is 0 Å². The summed E-state index contributed by atoms with van der Waals surface area (Å²) < 4.78 is 0. The lowest BCUT2D eigenvalue weighted by Crippen LogP contribution is -2.35. The van der Waals surface area contributed by atoms with Crippen LogP contribution in [-0.4, -0.2) is 16.5 Å². The van der Waals surface area contributed by atoms with Crippen LogP contribution in [0.4, 0.5) is 0 Å². The minimum absolute atomic E-state index is 0.0974. The van der Waals surface area contributed by atoms with Gasteiger partial charge in [-0.15, -0.1) is 0 Å². The number of amides is 1. The third kappa shape index (κ3) is 1.61. The van der Waals surface area contributed by atoms with E-state index in [0.717, 1.165) is 11.1 Å². The van der Waals surface area contributed by atoms with Gasteiger partial charge >= 0.3 is 0 Å². The van der Waals surface area contributed by atoms with Crippen LogP contribution in [0, 0.1) is 5.41 Å². The molecule has 18 heavy (non-hydrogen) atoms. The van der Waals surface area contributed by atoms with Gasteiger partial charge in [0, 0.05) is 12.3 Å². The van der Waals surface area contributed by atoms with Crippen LogP contribution in [0.5, 0.6) is 0 Å². The summed E-state index contributed by atoms with van der Waals surface area (Å²) in [6, 6.07) is 7.55. The fourth-order valence-electron chi connectivity index (χ4n) is 2.30. The quantitative estimate of drug-likeness (QED) is 0.739. The van der Waals surface area contributed by atoms with E-state index in [0.29, 0.717) is 5.71 Å². The van der Waals surface area contributed by atoms with E-state index in [1.165, 1.54) is 6.08 Å². The molecule has 1 aromatic carbocycles. The normalized spacial score (nSPS) is 21.3. The minimum Gasteiger partial charge on any atom is -0.303 e. The van der Waals surface area contributed by atoms with Crippen molar-refractivity contribution in [1.29, 1.82) is 5.41 Å². The van der Waals surface area contributed by atoms with E-state index in [-0.39, 0.29) is 11.9 Å². The summed E-state index contributed by atoms with van der Waals surface area (Å²) in [6.45, 7) is 0. The first-order valence-electron chi connectivity index (χ1n) is 5.80. The Balaban J connectivity index is 2.17. The van der Waals surface area contributed by atoms with Crippen molar-refractivity contribution in [2.24, 2.45) is 0 Å². The average Bonchev–Trinajstić information content (AvgIpc) is 2.40. The molecular weight excluding hydrogens is 224 g/mol. The van der Waals surface area contributed by atoms with E-state index in [9.17, 15) is 4.79 Å². The molecule has 0 aromatic heterocycles. The lowest BCUT2D eigenvalue weighted by Gasteiger charge is -2.32. The Morgan fingerprint density at radius 3 is 2.72 bits per heavy atom. The van der Waals surface area contributed by atoms with Gasteiger partial charge in [-0.2, -0.15) is 0 Å². The Morgan fingerprint density at radius 1 is 1.06 bits per heavy atom. The van der Waals surface area contributed by atoms with Crippen molar-refractivity contribution in [3.8, 4) is 0 Å². The van der Waals surface area contributed by atoms with Crippen LogP contribution in [-0.2, 0) is 4.79 Å². The van der Waals surface area contributed by atoms with Crippen LogP contribution in [0.15, 0.2) is 54.8 Å². The zero-order chi connectivity index (χ0) is 12.5. The molecule has 0 spiro atoms. The topological polar surface area (TPSA) is 44.2 Å². The lowest BCUT2D eigenvalue weighted by atomic mass is 9.92. The number of hydrogen-bond acceptors (Lipinski definition) is 2. The molecule has 2 aliphatic rings. The first-order chi connectivity index (χ1) is 8.77. The number of fused-ring (bicyclic) bond motifs is 3. The van der Waals surface area contributed by atoms with Gasteiger partial charge in [0.15, 0.2) is 0 Å². The van der Waals surface area contributed by atoms with Gasteiger partial charge in [0.1, 0.15) is 6.04 Å². The molecule has 1 N–H and O–H groups in total. The van der Waals surface area contributed by atoms with E-state index in [4.69, 9.17) is 5.41 Å². The van der Waals surface area contributed by atoms with E-state index in [1.807, 2.05) is 30.3 Å². The lowest BCUT2D eigenvalue weighted by molar-refractivity contribution is -0.124. The van der Waals surface area contributed by atoms with Crippen LogP contribution in [0.1, 0.15) is 17.2 Å². The summed E-state index contributed by atoms with van der Waals surface area (Å²) in [5.74, 6) is -0.0974. The Morgan fingerprint density at radius 2 is 1.83 bits per heavy atom. The minimum atomic E-state index is -0.320. The number of nitrogens with zero attached hydrogens (tertiary/aromatic N) is 1. The molecule has 2 aliphatic heterocycles. The molecule has 1 amide bonds. The Kier molecular flexibility index (Phi) is 2.45. The van der Waals surface area contributed by atoms with E-state index < -0.39 is 0 Å². The van der Waals surface area contributed by atoms with Crippen molar-refractivity contribution in [2.45, 2.75) is 6.04 Å². The van der Waals surface area contributed by atoms with Crippen molar-refractivity contribution >= 4 is 17.7 Å². The maximum atomic E-state index is 12.0. The fourth-order valence-corrected chi connectivity index (χ4v) is 2.30. The highest BCUT2D eigenvalue weighted by Gasteiger charge is 2.29. The number of carbonyl (C=O) groups is 1. The molecule has 1 unspecified atom stereocenters. The molecular formula is C15H12N2O. The van der Waals surface area contributed by atoms with Crippen molar-refractivity contribution in [2.75, 3.05) is 0 Å². The summed E-state index contributed by atoms with van der Waals surface area (Å²) in [6.07, 6.45) is 10.3. The molecule has 3 rings (SSSR count). The smallest absolute Gasteiger partial charge is 0.251 e. The molecule has 3 nitrogen and oxygen atoms in total. The van der Waals surface area contributed by atoms with Crippen molar-refractivity contribution < 1.29 is 4.79 Å². The Labute approximate surface area is 105 Å². The van der Waals surface area contributed by atoms with Gasteiger partial charge in [-0.05, 0) is 23.3 Å². The zero-order valence-corrected chi connectivity index (χ0v) is 9.71. The van der Waals surface area contributed by atoms with Gasteiger partial charge < -0.3 is 10.3 Å². The average molecular weight is 236 g/mol. The molecule has 88 valence electrons. The monoisotopic (exact) mass is 236 g/mol. The number of hydrogen-bond donors (Lipinski definition) is 1. The molecule has 3 heteroatoms. The largest absolute Gasteiger partial charge is 0.303 e. The van der Waals surface area contributed by atoms with Crippen LogP contribution in [0.3, 0.4) is 0 Å². The predicted molar refractivity (Wildman–Crippen MR) is 71.1 cm³/mol. The van der Waals surface area contributed by atoms with Gasteiger partial charge in [0.05, 0.1) is 5.71 Å². The van der Waals surface area contributed by atoms with Crippen LogP contribution >= 0.6 is 0 Å². The molecule has 1 atom stereocenters. The number of nitrogens with one attached hydrogen (secondary N) is 1. The van der Waals surface area contributed by atoms with Gasteiger partial charge in [0.2, 0.25) is 0 Å². The van der Waals surface area contributed by atoms with Gasteiger partial charge in [-0.3, -0.25) is 4.79 Å². The summed E-state index contributed by atoms with van der Waals surface area (Å²) in [4.78, 5) is 13.6. The Bertz CT molecular complexity index is 611. The number of allylic oxidation sites excluding steroid dienone is 2. The second-order valence-corrected chi connectivity index (χ2v) is 4.27. The van der Waals surface area contributed by atoms with Crippen LogP contribution in [0.25, 0.3) is 6.08 Å². The van der Waals surface area contributed by atoms with Gasteiger partial charge in [-0.25, -0.2) is 0 Å². The standard InChI is InChI=1S/C15H12N2O/c16-13-7-3-4-8-14(18)17-10-9-11-5-1-2-6-12(11)15(13)17/h1-10,15-16H. The Hall–Kier alpha value is -2.42. The van der Waals surface area contributed by atoms with E-state index in [1.54, 1.807) is 29.3 Å². The third-order valence-electron chi connectivity index (χ3n) is 3.16. The molecule has 0 bridgehead atoms. The number of carbonyl (C=O) groups excluding carboxylic acids is 1. The second kappa shape index (κ2) is 4.11. The van der Waals surface area contributed by atoms with Gasteiger partial charge in [-0.1, -0.05) is 36.4 Å². The molecule has 2 heterocycles. The highest BCUT2D eigenvalue weighted by atomic mass is 16.2. The molecule has 0 aliphatic carbocycles. The fraction of sp³-hybridized carbons (Fsp3) is 0.0667. The molecule has 0 radical (unpaired) electrons. The number of rotatable bonds is 0. The summed E-state index contributed by atoms with van der Waals surface area (Å²) in [7, 11) is 0. The van der Waals surface area contributed by atoms with Crippen LogP contribution < -0.4 is 0 Å². The first kappa shape index (κ1) is 10.7. The number of benzene rings is 1. The zero-order valence-electron chi connectivity index (χ0n) is 9.71. The summed E-state index contributed by atoms with van der Waals surface area (Å²) >= 11 is 0. The molecule has 0 saturated carbocycles.